The molecule has 1 radical (unpaired) electrons. The van der Waals surface area contributed by atoms with Gasteiger partial charge < -0.3 is 21.0 Å². The largest absolute Gasteiger partial charge is 2.00 e. The summed E-state index contributed by atoms with van der Waals surface area (Å²) >= 11 is 0. The molecule has 6 heteroatoms. The van der Waals surface area contributed by atoms with E-state index in [9.17, 15) is 0 Å². The summed E-state index contributed by atoms with van der Waals surface area (Å²) in [4.78, 5) is 15.7. The van der Waals surface area contributed by atoms with Gasteiger partial charge in [0.05, 0.1) is 0 Å². The average molecular weight is 222 g/mol. The number of hydrogen-bond acceptors (Lipinski definition) is 2. The van der Waals surface area contributed by atoms with Crippen LogP contribution in [-0.2, 0) is 26.5 Å². The van der Waals surface area contributed by atoms with Gasteiger partial charge in [-0.3, -0.25) is 0 Å². The third-order valence-electron chi connectivity index (χ3n) is 0.556. The molecular weight excluding hydrogens is 215 g/mol. The second kappa shape index (κ2) is 45.7. The van der Waals surface area contributed by atoms with E-state index in [0.29, 0.717) is 0 Å². The molecule has 0 spiro atoms. The molecule has 0 saturated heterocycles. The van der Waals surface area contributed by atoms with Gasteiger partial charge in [-0.05, 0) is 0 Å². The molecule has 0 aromatic heterocycles. The van der Waals surface area contributed by atoms with Crippen molar-refractivity contribution in [3.63, 3.8) is 0 Å². The average Bonchev–Trinajstić information content (AvgIpc) is 2.69. The molecule has 0 saturated carbocycles. The first kappa shape index (κ1) is 22.6. The van der Waals surface area contributed by atoms with Gasteiger partial charge in [-0.15, -0.1) is 0 Å². The monoisotopic (exact) mass is 222 g/mol. The van der Waals surface area contributed by atoms with Crippen molar-refractivity contribution in [3.8, 4) is 0 Å². The first-order chi connectivity index (χ1) is 5.91. The number of rotatable bonds is 0. The molecule has 1 aromatic rings. The van der Waals surface area contributed by atoms with Crippen LogP contribution in [0.3, 0.4) is 0 Å². The van der Waals surface area contributed by atoms with E-state index >= 15 is 0 Å². The minimum Gasteiger partial charge on any atom is -0.577 e. The third-order valence-corrected chi connectivity index (χ3v) is 0.556. The Bertz CT molecular complexity index is 148. The van der Waals surface area contributed by atoms with Crippen molar-refractivity contribution in [1.29, 1.82) is 0 Å². The Hall–Kier alpha value is -1.32. The fourth-order valence-electron chi connectivity index (χ4n) is 0.321. The van der Waals surface area contributed by atoms with E-state index in [1.54, 1.807) is 0 Å². The molecule has 71 valence electrons. The fourth-order valence-corrected chi connectivity index (χ4v) is 0.321. The van der Waals surface area contributed by atoms with Gasteiger partial charge in [-0.1, -0.05) is 0 Å². The standard InChI is InChI=1S/C5H5.CH2NO.CO.Mn.NO/c1-2-4-5-3-1;2-1-3;1-2;;1-2/h1-5H;(H2,2,3);;;/q2*-1;;+2;-1. The van der Waals surface area contributed by atoms with Crippen molar-refractivity contribution in [1.82, 2.24) is 0 Å². The molecule has 0 aliphatic rings. The third kappa shape index (κ3) is 59.4. The molecule has 0 atom stereocenters. The molecule has 5 nitrogen and oxygen atoms in total. The topological polar surface area (TPSA) is 102 Å². The molecule has 0 heterocycles. The van der Waals surface area contributed by atoms with Crippen LogP contribution < -0.4 is 5.73 Å². The molecule has 0 bridgehead atoms. The van der Waals surface area contributed by atoms with E-state index in [4.69, 9.17) is 19.9 Å². The van der Waals surface area contributed by atoms with E-state index in [2.05, 4.69) is 12.4 Å². The number of primary amides is 1. The van der Waals surface area contributed by atoms with Gasteiger partial charge in [0, 0.05) is 0 Å². The van der Waals surface area contributed by atoms with Crippen LogP contribution in [0, 0.1) is 11.6 Å². The normalized spacial score (nSPS) is 4.46. The van der Waals surface area contributed by atoms with Gasteiger partial charge in [0.1, 0.15) is 0 Å². The SMILES string of the molecule is N[C-]=O.[C-]#[O+].[Mn+2].[N-]=O.c1cc[cH-]c1. The summed E-state index contributed by atoms with van der Waals surface area (Å²) in [6, 6.07) is 10.0. The zero-order valence-electron chi connectivity index (χ0n) is 6.51. The quantitative estimate of drug-likeness (QED) is 0.302. The van der Waals surface area contributed by atoms with Crippen LogP contribution in [-0.4, -0.2) is 6.41 Å². The summed E-state index contributed by atoms with van der Waals surface area (Å²) < 4.78 is 7.50. The number of nitrogens with zero attached hydrogens (tertiary/aromatic N) is 1. The van der Waals surface area contributed by atoms with E-state index in [1.165, 1.54) is 0 Å². The summed E-state index contributed by atoms with van der Waals surface area (Å²) in [5.41, 5.74) is 9.79. The summed E-state index contributed by atoms with van der Waals surface area (Å²) in [5, 5.41) is 0. The van der Waals surface area contributed by atoms with Gasteiger partial charge in [0.2, 0.25) is 0 Å². The zero-order valence-corrected chi connectivity index (χ0v) is 7.69. The van der Waals surface area contributed by atoms with Gasteiger partial charge >= 0.3 is 28.4 Å². The van der Waals surface area contributed by atoms with Gasteiger partial charge in [0.25, 0.3) is 0 Å². The summed E-state index contributed by atoms with van der Waals surface area (Å²) in [7, 11) is 0. The van der Waals surface area contributed by atoms with Crippen molar-refractivity contribution in [2.75, 3.05) is 0 Å². The number of nitroso groups, excluding NO2 is 1. The smallest absolute Gasteiger partial charge is 0.577 e. The van der Waals surface area contributed by atoms with Crippen LogP contribution in [0.1, 0.15) is 0 Å². The summed E-state index contributed by atoms with van der Waals surface area (Å²) in [6.45, 7) is 4.50. The number of carbonyl (C=O) groups excluding carboxylic acids is 1. The van der Waals surface area contributed by atoms with Gasteiger partial charge in [-0.2, -0.15) is 24.6 Å². The maximum atomic E-state index is 8.46. The van der Waals surface area contributed by atoms with Crippen molar-refractivity contribution in [2.45, 2.75) is 0 Å². The van der Waals surface area contributed by atoms with E-state index in [1.807, 2.05) is 30.3 Å². The zero-order chi connectivity index (χ0) is 10.2. The molecule has 0 aliphatic carbocycles. The molecule has 1 aromatic carbocycles. The minimum absolute atomic E-state index is 0. The van der Waals surface area contributed by atoms with Crippen LogP contribution in [0.15, 0.2) is 30.3 Å². The van der Waals surface area contributed by atoms with E-state index < -0.39 is 0 Å². The van der Waals surface area contributed by atoms with Crippen molar-refractivity contribution >= 4 is 6.41 Å². The Morgan fingerprint density at radius 3 is 1.62 bits per heavy atom. The Morgan fingerprint density at radius 1 is 1.31 bits per heavy atom. The Labute approximate surface area is 86.6 Å². The Balaban J connectivity index is -0.0000000453. The molecule has 1 rings (SSSR count). The van der Waals surface area contributed by atoms with Crippen LogP contribution >= 0.6 is 0 Å². The maximum absolute atomic E-state index is 8.46. The second-order valence-electron chi connectivity index (χ2n) is 1.08. The first-order valence-electron chi connectivity index (χ1n) is 2.55. The van der Waals surface area contributed by atoms with Crippen LogP contribution in [0.2, 0.25) is 0 Å². The van der Waals surface area contributed by atoms with E-state index in [0.717, 1.165) is 6.41 Å². The predicted molar refractivity (Wildman–Crippen MR) is 42.6 cm³/mol. The minimum atomic E-state index is 0. The second-order valence-corrected chi connectivity index (χ2v) is 1.08. The number of amides is 1. The number of hydrogen-bond donors (Lipinski definition) is 1. The Morgan fingerprint density at radius 2 is 1.54 bits per heavy atom. The predicted octanol–water partition coefficient (Wildman–Crippen LogP) is 0.700. The molecule has 1 amide bonds. The van der Waals surface area contributed by atoms with E-state index in [-0.39, 0.29) is 17.1 Å². The molecule has 0 aliphatic heterocycles. The summed E-state index contributed by atoms with van der Waals surface area (Å²) in [6.07, 6.45) is 1.00. The fraction of sp³-hybridized carbons (Fsp3) is 0. The number of nitrogens with two attached hydrogens (primary N) is 1. The molecule has 0 fully saturated rings. The summed E-state index contributed by atoms with van der Waals surface area (Å²) in [5.74, 6) is 0. The van der Waals surface area contributed by atoms with Crippen LogP contribution in [0.25, 0.3) is 5.59 Å². The van der Waals surface area contributed by atoms with Gasteiger partial charge in [-0.25, -0.2) is 12.1 Å². The molecule has 13 heavy (non-hydrogen) atoms. The van der Waals surface area contributed by atoms with Crippen molar-refractivity contribution in [3.05, 3.63) is 47.5 Å². The van der Waals surface area contributed by atoms with Gasteiger partial charge in [0.15, 0.2) is 0 Å². The van der Waals surface area contributed by atoms with Crippen molar-refractivity contribution < 1.29 is 26.5 Å². The van der Waals surface area contributed by atoms with Crippen molar-refractivity contribution in [2.24, 2.45) is 5.73 Å². The van der Waals surface area contributed by atoms with Crippen LogP contribution in [0.5, 0.6) is 0 Å². The molecule has 0 unspecified atom stereocenters. The van der Waals surface area contributed by atoms with Crippen LogP contribution in [0.4, 0.5) is 0 Å². The Kier molecular flexibility index (Phi) is 79.4. The maximum Gasteiger partial charge on any atom is 2.00 e. The first-order valence-corrected chi connectivity index (χ1v) is 2.55. The molecular formula is C7H7MnN2O3-. The molecule has 2 N–H and O–H groups in total.